The number of amides is 1. The highest BCUT2D eigenvalue weighted by atomic mass is 33.1. The van der Waals surface area contributed by atoms with Gasteiger partial charge in [-0.1, -0.05) is 34.9 Å². The van der Waals surface area contributed by atoms with Crippen LogP contribution in [-0.4, -0.2) is 29.2 Å². The molecule has 1 aliphatic heterocycles. The largest absolute Gasteiger partial charge is 0.356 e. The van der Waals surface area contributed by atoms with Crippen molar-refractivity contribution in [1.29, 1.82) is 5.41 Å². The molecule has 0 aromatic heterocycles. The summed E-state index contributed by atoms with van der Waals surface area (Å²) in [5.41, 5.74) is 0.779. The molecule has 0 aromatic carbocycles. The maximum absolute atomic E-state index is 11.6. The van der Waals surface area contributed by atoms with Gasteiger partial charge in [0.15, 0.2) is 0 Å². The smallest absolute Gasteiger partial charge is 0.219 e. The topological polar surface area (TPSA) is 53.0 Å². The third-order valence-electron chi connectivity index (χ3n) is 3.31. The van der Waals surface area contributed by atoms with E-state index in [-0.39, 0.29) is 5.91 Å². The summed E-state index contributed by atoms with van der Waals surface area (Å²) in [4.78, 5) is 11.6. The fourth-order valence-corrected chi connectivity index (χ4v) is 5.04. The average Bonchev–Trinajstić information content (AvgIpc) is 2.92. The second-order valence-electron chi connectivity index (χ2n) is 4.99. The molecular weight excluding hydrogens is 276 g/mol. The molecule has 5 heteroatoms. The van der Waals surface area contributed by atoms with Crippen molar-refractivity contribution in [3.8, 4) is 0 Å². The van der Waals surface area contributed by atoms with E-state index >= 15 is 0 Å². The van der Waals surface area contributed by atoms with Crippen molar-refractivity contribution < 1.29 is 4.79 Å². The summed E-state index contributed by atoms with van der Waals surface area (Å²) in [6, 6.07) is 0. The van der Waals surface area contributed by atoms with Crippen molar-refractivity contribution in [1.82, 2.24) is 5.32 Å². The van der Waals surface area contributed by atoms with E-state index in [1.54, 1.807) is 0 Å². The lowest BCUT2D eigenvalue weighted by atomic mass is 10.1. The number of hydrogen-bond acceptors (Lipinski definition) is 4. The molecule has 1 heterocycles. The third-order valence-corrected chi connectivity index (χ3v) is 6.32. The van der Waals surface area contributed by atoms with Crippen LogP contribution in [-0.2, 0) is 4.79 Å². The zero-order chi connectivity index (χ0) is 13.9. The predicted molar refractivity (Wildman–Crippen MR) is 87.2 cm³/mol. The molecule has 1 amide bonds. The van der Waals surface area contributed by atoms with E-state index in [1.807, 2.05) is 28.5 Å². The van der Waals surface area contributed by atoms with Crippen LogP contribution < -0.4 is 5.32 Å². The number of nitrogens with one attached hydrogen (secondary N) is 2. The highest BCUT2D eigenvalue weighted by Gasteiger charge is 2.15. The second-order valence-corrected chi connectivity index (χ2v) is 7.77. The van der Waals surface area contributed by atoms with Crippen LogP contribution in [0.4, 0.5) is 0 Å². The number of carbonyl (C=O) groups is 1. The van der Waals surface area contributed by atoms with Gasteiger partial charge < -0.3 is 10.7 Å². The number of hydrogen-bond donors (Lipinski definition) is 2. The maximum Gasteiger partial charge on any atom is 0.219 e. The standard InChI is InChI=1S/C14H26N2OS2/c1-2-12(15)6-5-10-16-14(17)8-4-3-7-13-9-11-18-19-13/h13,15H,2-11H2,1H3,(H,16,17). The second kappa shape index (κ2) is 10.6. The summed E-state index contributed by atoms with van der Waals surface area (Å²) < 4.78 is 0. The minimum atomic E-state index is 0.177. The van der Waals surface area contributed by atoms with Crippen LogP contribution in [0.1, 0.15) is 58.3 Å². The number of carbonyl (C=O) groups excluding carboxylic acids is 1. The molecule has 3 nitrogen and oxygen atoms in total. The first-order valence-corrected chi connectivity index (χ1v) is 9.72. The Morgan fingerprint density at radius 3 is 2.84 bits per heavy atom. The van der Waals surface area contributed by atoms with E-state index in [0.29, 0.717) is 6.42 Å². The van der Waals surface area contributed by atoms with Gasteiger partial charge >= 0.3 is 0 Å². The molecule has 1 atom stereocenters. The van der Waals surface area contributed by atoms with Crippen molar-refractivity contribution in [2.75, 3.05) is 12.3 Å². The van der Waals surface area contributed by atoms with E-state index in [0.717, 1.165) is 43.2 Å². The molecule has 1 unspecified atom stereocenters. The summed E-state index contributed by atoms with van der Waals surface area (Å²) in [5.74, 6) is 1.47. The zero-order valence-electron chi connectivity index (χ0n) is 11.9. The molecule has 0 aromatic rings. The Morgan fingerprint density at radius 1 is 1.32 bits per heavy atom. The molecule has 110 valence electrons. The van der Waals surface area contributed by atoms with Gasteiger partial charge in [-0.3, -0.25) is 4.79 Å². The lowest BCUT2D eigenvalue weighted by Crippen LogP contribution is -2.24. The minimum Gasteiger partial charge on any atom is -0.356 e. The first-order valence-electron chi connectivity index (χ1n) is 7.33. The molecule has 1 saturated heterocycles. The van der Waals surface area contributed by atoms with Crippen LogP contribution in [0.25, 0.3) is 0 Å². The van der Waals surface area contributed by atoms with Crippen LogP contribution >= 0.6 is 21.6 Å². The highest BCUT2D eigenvalue weighted by Crippen LogP contribution is 2.39. The lowest BCUT2D eigenvalue weighted by molar-refractivity contribution is -0.121. The van der Waals surface area contributed by atoms with E-state index in [1.165, 1.54) is 25.0 Å². The van der Waals surface area contributed by atoms with Crippen LogP contribution in [0, 0.1) is 5.41 Å². The van der Waals surface area contributed by atoms with Gasteiger partial charge in [0.25, 0.3) is 0 Å². The Labute approximate surface area is 125 Å². The molecule has 1 aliphatic rings. The van der Waals surface area contributed by atoms with Gasteiger partial charge in [-0.15, -0.1) is 0 Å². The quantitative estimate of drug-likeness (QED) is 0.364. The first-order chi connectivity index (χ1) is 9.22. The Morgan fingerprint density at radius 2 is 2.16 bits per heavy atom. The van der Waals surface area contributed by atoms with E-state index < -0.39 is 0 Å². The van der Waals surface area contributed by atoms with Crippen LogP contribution in [0.2, 0.25) is 0 Å². The van der Waals surface area contributed by atoms with Crippen LogP contribution in [0.3, 0.4) is 0 Å². The van der Waals surface area contributed by atoms with Crippen molar-refractivity contribution in [2.45, 2.75) is 63.5 Å². The van der Waals surface area contributed by atoms with Gasteiger partial charge in [0.05, 0.1) is 0 Å². The van der Waals surface area contributed by atoms with Crippen molar-refractivity contribution in [3.63, 3.8) is 0 Å². The van der Waals surface area contributed by atoms with E-state index in [9.17, 15) is 4.79 Å². The van der Waals surface area contributed by atoms with Crippen LogP contribution in [0.15, 0.2) is 0 Å². The molecule has 0 radical (unpaired) electrons. The lowest BCUT2D eigenvalue weighted by Gasteiger charge is -2.07. The molecular formula is C14H26N2OS2. The summed E-state index contributed by atoms with van der Waals surface area (Å²) in [7, 11) is 4.00. The average molecular weight is 303 g/mol. The molecule has 1 rings (SSSR count). The molecule has 19 heavy (non-hydrogen) atoms. The fraction of sp³-hybridized carbons (Fsp3) is 0.857. The first kappa shape index (κ1) is 16.9. The van der Waals surface area contributed by atoms with Gasteiger partial charge in [-0.2, -0.15) is 0 Å². The summed E-state index contributed by atoms with van der Waals surface area (Å²) in [5, 5.41) is 11.3. The molecule has 0 spiro atoms. The van der Waals surface area contributed by atoms with Gasteiger partial charge in [0.2, 0.25) is 5.91 Å². The number of unbranched alkanes of at least 4 members (excludes halogenated alkanes) is 1. The highest BCUT2D eigenvalue weighted by molar-refractivity contribution is 8.77. The molecule has 0 bridgehead atoms. The van der Waals surface area contributed by atoms with Gasteiger partial charge in [-0.05, 0) is 38.5 Å². The van der Waals surface area contributed by atoms with Crippen LogP contribution in [0.5, 0.6) is 0 Å². The Hall–Kier alpha value is -0.160. The fourth-order valence-electron chi connectivity index (χ4n) is 2.02. The van der Waals surface area contributed by atoms with Gasteiger partial charge in [0, 0.05) is 29.7 Å². The molecule has 0 aliphatic carbocycles. The monoisotopic (exact) mass is 302 g/mol. The summed E-state index contributed by atoms with van der Waals surface area (Å²) in [6.45, 7) is 2.72. The SMILES string of the molecule is CCC(=N)CCCNC(=O)CCCCC1CCSS1. The van der Waals surface area contributed by atoms with Crippen molar-refractivity contribution in [3.05, 3.63) is 0 Å². The molecule has 2 N–H and O–H groups in total. The summed E-state index contributed by atoms with van der Waals surface area (Å²) >= 11 is 0. The van der Waals surface area contributed by atoms with Crippen molar-refractivity contribution in [2.24, 2.45) is 0 Å². The Balaban J connectivity index is 1.88. The molecule has 0 saturated carbocycles. The third kappa shape index (κ3) is 8.58. The Bertz CT molecular complexity index is 279. The Kier molecular flexibility index (Phi) is 9.43. The van der Waals surface area contributed by atoms with Gasteiger partial charge in [0.1, 0.15) is 0 Å². The molecule has 1 fully saturated rings. The zero-order valence-corrected chi connectivity index (χ0v) is 13.5. The minimum absolute atomic E-state index is 0.177. The van der Waals surface area contributed by atoms with E-state index in [2.05, 4.69) is 5.32 Å². The normalized spacial score (nSPS) is 18.5. The van der Waals surface area contributed by atoms with Gasteiger partial charge in [-0.25, -0.2) is 0 Å². The maximum atomic E-state index is 11.6. The van der Waals surface area contributed by atoms with Crippen molar-refractivity contribution >= 4 is 33.2 Å². The van der Waals surface area contributed by atoms with E-state index in [4.69, 9.17) is 5.41 Å². The summed E-state index contributed by atoms with van der Waals surface area (Å²) in [6.07, 6.45) is 7.98. The predicted octanol–water partition coefficient (Wildman–Crippen LogP) is 4.03. The number of rotatable bonds is 10.